The molecule has 6 nitrogen and oxygen atoms in total. The van der Waals surface area contributed by atoms with Crippen LogP contribution in [-0.4, -0.2) is 36.7 Å². The van der Waals surface area contributed by atoms with Gasteiger partial charge in [0.25, 0.3) is 0 Å². The van der Waals surface area contributed by atoms with Crippen LogP contribution in [0, 0.1) is 0 Å². The number of fused-ring (bicyclic) bond motifs is 1. The molecule has 4 atom stereocenters. The van der Waals surface area contributed by atoms with Crippen LogP contribution in [0.5, 0.6) is 0 Å². The molecule has 0 unspecified atom stereocenters. The van der Waals surface area contributed by atoms with E-state index >= 15 is 0 Å². The molecule has 0 radical (unpaired) electrons. The first-order valence-corrected chi connectivity index (χ1v) is 18.6. The highest BCUT2D eigenvalue weighted by Crippen LogP contribution is 2.48. The summed E-state index contributed by atoms with van der Waals surface area (Å²) in [6.07, 6.45) is 2.82. The first kappa shape index (κ1) is 33.3. The summed E-state index contributed by atoms with van der Waals surface area (Å²) in [5.74, 6) is 0.889. The lowest BCUT2D eigenvalue weighted by molar-refractivity contribution is -0.169. The molecule has 1 aromatic heterocycles. The average molecular weight is 627 g/mol. The molecule has 4 aromatic rings. The summed E-state index contributed by atoms with van der Waals surface area (Å²) in [6.45, 7) is 15.8. The SMILES string of the molecule is CC(C)[Si](O[C@H]1c2nccn2[C@H](COCc2ccccc2)[C@@H](OCc2ccccc2)[C@@H]1OCc1ccccc1)(C(C)C)C(C)C. The quantitative estimate of drug-likeness (QED) is 0.123. The van der Waals surface area contributed by atoms with Crippen LogP contribution >= 0.6 is 0 Å². The molecule has 2 heterocycles. The largest absolute Gasteiger partial charge is 0.403 e. The molecular weight excluding hydrogens is 577 g/mol. The fourth-order valence-electron chi connectivity index (χ4n) is 7.24. The molecule has 5 rings (SSSR count). The highest BCUT2D eigenvalue weighted by Gasteiger charge is 2.53. The lowest BCUT2D eigenvalue weighted by Gasteiger charge is -2.49. The average Bonchev–Trinajstić information content (AvgIpc) is 3.53. The normalized spacial score (nSPS) is 20.2. The first-order chi connectivity index (χ1) is 21.8. The van der Waals surface area contributed by atoms with Gasteiger partial charge in [-0.3, -0.25) is 0 Å². The number of ether oxygens (including phenoxy) is 3. The van der Waals surface area contributed by atoms with Gasteiger partial charge in [-0.15, -0.1) is 0 Å². The van der Waals surface area contributed by atoms with Gasteiger partial charge in [0.1, 0.15) is 24.1 Å². The number of benzene rings is 3. The van der Waals surface area contributed by atoms with E-state index in [-0.39, 0.29) is 18.2 Å². The van der Waals surface area contributed by atoms with E-state index in [2.05, 4.69) is 113 Å². The fourth-order valence-corrected chi connectivity index (χ4v) is 12.7. The Morgan fingerprint density at radius 3 is 1.60 bits per heavy atom. The molecule has 0 fully saturated rings. The Bertz CT molecular complexity index is 1410. The van der Waals surface area contributed by atoms with Crippen molar-refractivity contribution in [3.63, 3.8) is 0 Å². The molecule has 0 N–H and O–H groups in total. The predicted molar refractivity (Wildman–Crippen MR) is 182 cm³/mol. The Morgan fingerprint density at radius 2 is 1.11 bits per heavy atom. The van der Waals surface area contributed by atoms with Crippen molar-refractivity contribution in [2.24, 2.45) is 0 Å². The zero-order valence-corrected chi connectivity index (χ0v) is 28.7. The van der Waals surface area contributed by atoms with Gasteiger partial charge >= 0.3 is 0 Å². The lowest BCUT2D eigenvalue weighted by Crippen LogP contribution is -2.55. The molecule has 1 aliphatic rings. The third-order valence-corrected chi connectivity index (χ3v) is 15.4. The van der Waals surface area contributed by atoms with E-state index in [9.17, 15) is 0 Å². The van der Waals surface area contributed by atoms with E-state index in [0.717, 1.165) is 22.5 Å². The minimum Gasteiger partial charge on any atom is -0.403 e. The highest BCUT2D eigenvalue weighted by atomic mass is 28.4. The number of hydrogen-bond donors (Lipinski definition) is 0. The Labute approximate surface area is 270 Å². The monoisotopic (exact) mass is 626 g/mol. The summed E-state index contributed by atoms with van der Waals surface area (Å²) in [6, 6.07) is 30.9. The smallest absolute Gasteiger partial charge is 0.201 e. The van der Waals surface area contributed by atoms with Gasteiger partial charge in [-0.1, -0.05) is 133 Å². The maximum absolute atomic E-state index is 7.56. The topological polar surface area (TPSA) is 54.7 Å². The molecule has 0 spiro atoms. The summed E-state index contributed by atoms with van der Waals surface area (Å²) in [4.78, 5) is 4.94. The van der Waals surface area contributed by atoms with Crippen molar-refractivity contribution in [1.82, 2.24) is 9.55 Å². The molecule has 0 amide bonds. The third-order valence-electron chi connectivity index (χ3n) is 9.32. The van der Waals surface area contributed by atoms with Gasteiger partial charge in [-0.05, 0) is 33.3 Å². The standard InChI is InChI=1S/C38H50N2O4Si/c1-28(2)45(29(3)4,30(5)6)44-37-36(43-26-33-20-14-9-15-21-33)35(42-25-32-18-12-8-13-19-32)34(40-23-22-39-38(37)40)27-41-24-31-16-10-7-11-17-31/h7-23,28-30,34-37H,24-27H2,1-6H3/t34-,35-,36+,37-/m1/s1. The van der Waals surface area contributed by atoms with Gasteiger partial charge in [0, 0.05) is 12.4 Å². The van der Waals surface area contributed by atoms with Crippen LogP contribution in [-0.2, 0) is 38.5 Å². The van der Waals surface area contributed by atoms with Gasteiger partial charge in [0.15, 0.2) is 0 Å². The summed E-state index contributed by atoms with van der Waals surface area (Å²) in [5, 5.41) is 0. The van der Waals surface area contributed by atoms with Crippen LogP contribution in [0.25, 0.3) is 0 Å². The number of rotatable bonds is 15. The number of nitrogens with zero attached hydrogens (tertiary/aromatic N) is 2. The predicted octanol–water partition coefficient (Wildman–Crippen LogP) is 9.06. The Balaban J connectivity index is 1.55. The van der Waals surface area contributed by atoms with Crippen molar-refractivity contribution < 1.29 is 18.6 Å². The molecule has 0 saturated carbocycles. The Hall–Kier alpha value is -3.07. The summed E-state index contributed by atoms with van der Waals surface area (Å²) < 4.78 is 30.1. The third kappa shape index (κ3) is 7.67. The van der Waals surface area contributed by atoms with E-state index in [4.69, 9.17) is 23.6 Å². The van der Waals surface area contributed by atoms with Gasteiger partial charge in [0.2, 0.25) is 8.32 Å². The molecule has 3 aromatic carbocycles. The minimum absolute atomic E-state index is 0.149. The Kier molecular flexibility index (Phi) is 11.5. The molecular formula is C38H50N2O4Si. The molecule has 240 valence electrons. The van der Waals surface area contributed by atoms with Crippen molar-refractivity contribution >= 4 is 8.32 Å². The fraction of sp³-hybridized carbons (Fsp3) is 0.447. The zero-order chi connectivity index (χ0) is 31.8. The number of hydrogen-bond acceptors (Lipinski definition) is 5. The number of imidazole rings is 1. The van der Waals surface area contributed by atoms with Gasteiger partial charge in [0.05, 0.1) is 32.5 Å². The van der Waals surface area contributed by atoms with Crippen molar-refractivity contribution in [3.8, 4) is 0 Å². The molecule has 0 bridgehead atoms. The van der Waals surface area contributed by atoms with Gasteiger partial charge < -0.3 is 23.2 Å². The van der Waals surface area contributed by atoms with Crippen LogP contribution in [0.4, 0.5) is 0 Å². The van der Waals surface area contributed by atoms with Crippen molar-refractivity contribution in [2.45, 2.75) is 102 Å². The number of aromatic nitrogens is 2. The summed E-state index contributed by atoms with van der Waals surface area (Å²) in [5.41, 5.74) is 4.60. The van der Waals surface area contributed by atoms with Crippen LogP contribution in [0.1, 0.15) is 76.2 Å². The minimum atomic E-state index is -2.34. The first-order valence-electron chi connectivity index (χ1n) is 16.4. The van der Waals surface area contributed by atoms with Crippen molar-refractivity contribution in [2.75, 3.05) is 6.61 Å². The summed E-state index contributed by atoms with van der Waals surface area (Å²) >= 11 is 0. The molecule has 1 aliphatic heterocycles. The summed E-state index contributed by atoms with van der Waals surface area (Å²) in [7, 11) is -2.34. The van der Waals surface area contributed by atoms with Crippen LogP contribution < -0.4 is 0 Å². The maximum Gasteiger partial charge on any atom is 0.201 e. The second-order valence-corrected chi connectivity index (χ2v) is 18.5. The van der Waals surface area contributed by atoms with E-state index < -0.39 is 14.4 Å². The molecule has 45 heavy (non-hydrogen) atoms. The van der Waals surface area contributed by atoms with Crippen molar-refractivity contribution in [1.29, 1.82) is 0 Å². The highest BCUT2D eigenvalue weighted by molar-refractivity contribution is 6.77. The lowest BCUT2D eigenvalue weighted by atomic mass is 9.95. The van der Waals surface area contributed by atoms with Gasteiger partial charge in [-0.2, -0.15) is 0 Å². The zero-order valence-electron chi connectivity index (χ0n) is 27.7. The van der Waals surface area contributed by atoms with Crippen LogP contribution in [0.15, 0.2) is 103 Å². The Morgan fingerprint density at radius 1 is 0.644 bits per heavy atom. The second-order valence-electron chi connectivity index (χ2n) is 13.1. The molecule has 0 saturated heterocycles. The van der Waals surface area contributed by atoms with Gasteiger partial charge in [-0.25, -0.2) is 4.98 Å². The maximum atomic E-state index is 7.56. The van der Waals surface area contributed by atoms with E-state index in [1.165, 1.54) is 0 Å². The van der Waals surface area contributed by atoms with Crippen LogP contribution in [0.2, 0.25) is 16.6 Å². The molecule has 7 heteroatoms. The van der Waals surface area contributed by atoms with Crippen molar-refractivity contribution in [3.05, 3.63) is 126 Å². The van der Waals surface area contributed by atoms with E-state index in [0.29, 0.717) is 43.1 Å². The second kappa shape index (κ2) is 15.5. The van der Waals surface area contributed by atoms with E-state index in [1.54, 1.807) is 0 Å². The molecule has 0 aliphatic carbocycles. The van der Waals surface area contributed by atoms with Crippen LogP contribution in [0.3, 0.4) is 0 Å². The van der Waals surface area contributed by atoms with E-state index in [1.807, 2.05) is 36.5 Å².